The number of nitrogens with zero attached hydrogens (tertiary/aromatic N) is 1. The third-order valence-electron chi connectivity index (χ3n) is 5.04. The Hall–Kier alpha value is -4.23. The molecule has 0 saturated heterocycles. The van der Waals surface area contributed by atoms with Crippen molar-refractivity contribution in [1.29, 1.82) is 0 Å². The number of carbonyl (C=O) groups excluding carboxylic acids is 1. The molecule has 166 valence electrons. The van der Waals surface area contributed by atoms with E-state index in [0.717, 1.165) is 5.56 Å². The highest BCUT2D eigenvalue weighted by atomic mass is 19.1. The first-order valence-corrected chi connectivity index (χ1v) is 10.3. The molecule has 1 amide bonds. The van der Waals surface area contributed by atoms with E-state index in [0.29, 0.717) is 34.7 Å². The van der Waals surface area contributed by atoms with Crippen molar-refractivity contribution in [3.63, 3.8) is 0 Å². The largest absolute Gasteiger partial charge is 0.396 e. The number of halogens is 1. The Labute approximate surface area is 191 Å². The first-order chi connectivity index (χ1) is 16.0. The van der Waals surface area contributed by atoms with Crippen LogP contribution in [-0.2, 0) is 18.0 Å². The molecule has 0 aliphatic heterocycles. The summed E-state index contributed by atoms with van der Waals surface area (Å²) in [7, 11) is 0. The number of nitrogens with two attached hydrogens (primary N) is 2. The van der Waals surface area contributed by atoms with Crippen LogP contribution in [0.25, 0.3) is 11.3 Å². The molecule has 0 aliphatic rings. The maximum Gasteiger partial charge on any atom is 0.255 e. The standard InChI is InChI=1S/C26H23FN4O2/c27-21-13-18(16-33-15-17-5-2-1-3-6-17)9-11-24(21)31-26(32)20-8-4-7-19(14-20)23-12-10-22(28)25(29)30-23/h1-14H,15-16,28H2,(H2,29,30)(H,31,32). The van der Waals surface area contributed by atoms with E-state index in [1.807, 2.05) is 30.3 Å². The minimum absolute atomic E-state index is 0.0899. The predicted octanol–water partition coefficient (Wildman–Crippen LogP) is 5.02. The van der Waals surface area contributed by atoms with E-state index in [-0.39, 0.29) is 18.1 Å². The smallest absolute Gasteiger partial charge is 0.255 e. The topological polar surface area (TPSA) is 103 Å². The van der Waals surface area contributed by atoms with E-state index < -0.39 is 11.7 Å². The fourth-order valence-corrected chi connectivity index (χ4v) is 3.27. The van der Waals surface area contributed by atoms with Gasteiger partial charge in [-0.1, -0.05) is 48.5 Å². The van der Waals surface area contributed by atoms with Crippen molar-refractivity contribution in [3.05, 3.63) is 107 Å². The zero-order valence-electron chi connectivity index (χ0n) is 17.8. The summed E-state index contributed by atoms with van der Waals surface area (Å²) in [6.07, 6.45) is 0. The van der Waals surface area contributed by atoms with Crippen LogP contribution in [0.4, 0.5) is 21.6 Å². The summed E-state index contributed by atoms with van der Waals surface area (Å²) in [5.74, 6) is -0.752. The van der Waals surface area contributed by atoms with Gasteiger partial charge in [0.05, 0.1) is 30.3 Å². The van der Waals surface area contributed by atoms with Gasteiger partial charge in [-0.2, -0.15) is 0 Å². The fourth-order valence-electron chi connectivity index (χ4n) is 3.27. The van der Waals surface area contributed by atoms with Gasteiger partial charge in [0.15, 0.2) is 0 Å². The number of ether oxygens (including phenoxy) is 1. The maximum absolute atomic E-state index is 14.6. The fraction of sp³-hybridized carbons (Fsp3) is 0.0769. The van der Waals surface area contributed by atoms with Gasteiger partial charge in [-0.05, 0) is 47.5 Å². The first kappa shape index (κ1) is 22.0. The van der Waals surface area contributed by atoms with Gasteiger partial charge in [0, 0.05) is 11.1 Å². The zero-order chi connectivity index (χ0) is 23.2. The van der Waals surface area contributed by atoms with Crippen LogP contribution < -0.4 is 16.8 Å². The summed E-state index contributed by atoms with van der Waals surface area (Å²) in [6.45, 7) is 0.700. The third kappa shape index (κ3) is 5.53. The molecule has 0 radical (unpaired) electrons. The number of aromatic nitrogens is 1. The van der Waals surface area contributed by atoms with Gasteiger partial charge in [0.2, 0.25) is 0 Å². The first-order valence-electron chi connectivity index (χ1n) is 10.3. The van der Waals surface area contributed by atoms with Crippen molar-refractivity contribution in [3.8, 4) is 11.3 Å². The Kier molecular flexibility index (Phi) is 6.61. The number of nitrogens with one attached hydrogen (secondary N) is 1. The number of benzene rings is 3. The van der Waals surface area contributed by atoms with Crippen LogP contribution in [0, 0.1) is 5.82 Å². The second-order valence-corrected chi connectivity index (χ2v) is 7.50. The Morgan fingerprint density at radius 1 is 0.879 bits per heavy atom. The van der Waals surface area contributed by atoms with Gasteiger partial charge in [0.25, 0.3) is 5.91 Å². The van der Waals surface area contributed by atoms with Gasteiger partial charge in [-0.25, -0.2) is 9.37 Å². The Morgan fingerprint density at radius 3 is 2.42 bits per heavy atom. The number of anilines is 3. The summed E-state index contributed by atoms with van der Waals surface area (Å²) in [5, 5.41) is 2.61. The molecule has 0 unspecified atom stereocenters. The van der Waals surface area contributed by atoms with Gasteiger partial charge in [-0.15, -0.1) is 0 Å². The molecule has 0 aliphatic carbocycles. The van der Waals surface area contributed by atoms with Gasteiger partial charge < -0.3 is 21.5 Å². The number of hydrogen-bond acceptors (Lipinski definition) is 5. The lowest BCUT2D eigenvalue weighted by Crippen LogP contribution is -2.13. The molecule has 6 nitrogen and oxygen atoms in total. The lowest BCUT2D eigenvalue weighted by atomic mass is 10.1. The van der Waals surface area contributed by atoms with Crippen LogP contribution in [0.3, 0.4) is 0 Å². The quantitative estimate of drug-likeness (QED) is 0.373. The summed E-state index contributed by atoms with van der Waals surface area (Å²) >= 11 is 0. The number of rotatable bonds is 7. The molecule has 5 N–H and O–H groups in total. The Bertz CT molecular complexity index is 1280. The van der Waals surface area contributed by atoms with Gasteiger partial charge in [-0.3, -0.25) is 4.79 Å². The number of amides is 1. The SMILES string of the molecule is Nc1ccc(-c2cccc(C(=O)Nc3ccc(COCc4ccccc4)cc3F)c2)nc1N. The molecule has 0 bridgehead atoms. The summed E-state index contributed by atoms with van der Waals surface area (Å²) < 4.78 is 20.2. The molecule has 0 atom stereocenters. The lowest BCUT2D eigenvalue weighted by molar-refractivity contribution is 0.102. The Morgan fingerprint density at radius 2 is 1.67 bits per heavy atom. The van der Waals surface area contributed by atoms with E-state index in [4.69, 9.17) is 16.2 Å². The number of pyridine rings is 1. The highest BCUT2D eigenvalue weighted by molar-refractivity contribution is 6.05. The molecule has 4 aromatic rings. The van der Waals surface area contributed by atoms with Crippen molar-refractivity contribution in [2.75, 3.05) is 16.8 Å². The lowest BCUT2D eigenvalue weighted by Gasteiger charge is -2.10. The number of nitrogen functional groups attached to an aromatic ring is 2. The van der Waals surface area contributed by atoms with Gasteiger partial charge >= 0.3 is 0 Å². The van der Waals surface area contributed by atoms with E-state index in [1.165, 1.54) is 12.1 Å². The predicted molar refractivity (Wildman–Crippen MR) is 128 cm³/mol. The molecular formula is C26H23FN4O2. The van der Waals surface area contributed by atoms with Gasteiger partial charge in [0.1, 0.15) is 11.6 Å². The van der Waals surface area contributed by atoms with E-state index in [1.54, 1.807) is 42.5 Å². The molecule has 0 spiro atoms. The highest BCUT2D eigenvalue weighted by Gasteiger charge is 2.12. The molecule has 0 fully saturated rings. The summed E-state index contributed by atoms with van der Waals surface area (Å²) in [5.41, 5.74) is 15.3. The van der Waals surface area contributed by atoms with E-state index in [2.05, 4.69) is 10.3 Å². The van der Waals surface area contributed by atoms with Crippen LogP contribution in [0.5, 0.6) is 0 Å². The Balaban J connectivity index is 1.41. The van der Waals surface area contributed by atoms with Crippen molar-refractivity contribution in [2.45, 2.75) is 13.2 Å². The summed E-state index contributed by atoms with van der Waals surface area (Å²) in [6, 6.07) is 24.6. The average molecular weight is 442 g/mol. The van der Waals surface area contributed by atoms with Crippen LogP contribution in [0.1, 0.15) is 21.5 Å². The van der Waals surface area contributed by atoms with Crippen molar-refractivity contribution in [2.24, 2.45) is 0 Å². The van der Waals surface area contributed by atoms with Crippen LogP contribution >= 0.6 is 0 Å². The molecule has 7 heteroatoms. The third-order valence-corrected chi connectivity index (χ3v) is 5.04. The van der Waals surface area contributed by atoms with Crippen molar-refractivity contribution in [1.82, 2.24) is 4.98 Å². The van der Waals surface area contributed by atoms with Crippen LogP contribution in [0.2, 0.25) is 0 Å². The monoisotopic (exact) mass is 442 g/mol. The van der Waals surface area contributed by atoms with E-state index in [9.17, 15) is 9.18 Å². The molecule has 3 aromatic carbocycles. The van der Waals surface area contributed by atoms with E-state index >= 15 is 0 Å². The van der Waals surface area contributed by atoms with Crippen molar-refractivity contribution >= 4 is 23.1 Å². The molecule has 1 heterocycles. The average Bonchev–Trinajstić information content (AvgIpc) is 2.83. The minimum Gasteiger partial charge on any atom is -0.396 e. The molecule has 1 aromatic heterocycles. The zero-order valence-corrected chi connectivity index (χ0v) is 17.8. The highest BCUT2D eigenvalue weighted by Crippen LogP contribution is 2.23. The second-order valence-electron chi connectivity index (χ2n) is 7.50. The van der Waals surface area contributed by atoms with Crippen LogP contribution in [0.15, 0.2) is 84.9 Å². The minimum atomic E-state index is -0.534. The number of hydrogen-bond donors (Lipinski definition) is 3. The molecule has 4 rings (SSSR count). The number of carbonyl (C=O) groups is 1. The van der Waals surface area contributed by atoms with Crippen LogP contribution in [-0.4, -0.2) is 10.9 Å². The maximum atomic E-state index is 14.6. The summed E-state index contributed by atoms with van der Waals surface area (Å²) in [4.78, 5) is 17.0. The van der Waals surface area contributed by atoms with Crippen molar-refractivity contribution < 1.29 is 13.9 Å². The molecule has 0 saturated carbocycles. The molecule has 33 heavy (non-hydrogen) atoms. The molecular weight excluding hydrogens is 419 g/mol. The normalized spacial score (nSPS) is 10.7. The second kappa shape index (κ2) is 9.93.